The SMILES string of the molecule is Cc1ccc(C)c(NC(=O)[C@@H](C)OC(=O)c2csc(NCCC(C)C)n2)c1. The van der Waals surface area contributed by atoms with Crippen LogP contribution in [0.4, 0.5) is 10.8 Å². The first-order valence-corrected chi connectivity index (χ1v) is 9.92. The van der Waals surface area contributed by atoms with Gasteiger partial charge in [0.05, 0.1) is 0 Å². The Hall–Kier alpha value is -2.41. The summed E-state index contributed by atoms with van der Waals surface area (Å²) in [6.45, 7) is 10.5. The van der Waals surface area contributed by atoms with Crippen molar-refractivity contribution in [1.82, 2.24) is 4.98 Å². The number of amides is 1. The average Bonchev–Trinajstić information content (AvgIpc) is 3.06. The standard InChI is InChI=1S/C20H27N3O3S/c1-12(2)8-9-21-20-23-17(11-27-20)19(25)26-15(5)18(24)22-16-10-13(3)6-7-14(16)4/h6-7,10-12,15H,8-9H2,1-5H3,(H,21,23)(H,22,24)/t15-/m1/s1. The second-order valence-corrected chi connectivity index (χ2v) is 7.86. The van der Waals surface area contributed by atoms with Crippen LogP contribution in [-0.2, 0) is 9.53 Å². The summed E-state index contributed by atoms with van der Waals surface area (Å²) in [4.78, 5) is 28.8. The number of thiazole rings is 1. The van der Waals surface area contributed by atoms with Crippen LogP contribution >= 0.6 is 11.3 Å². The number of hydrogen-bond acceptors (Lipinski definition) is 6. The number of nitrogens with zero attached hydrogens (tertiary/aromatic N) is 1. The minimum Gasteiger partial charge on any atom is -0.448 e. The summed E-state index contributed by atoms with van der Waals surface area (Å²) >= 11 is 1.35. The predicted octanol–water partition coefficient (Wildman–Crippen LogP) is 4.40. The van der Waals surface area contributed by atoms with Crippen LogP contribution in [0.3, 0.4) is 0 Å². The topological polar surface area (TPSA) is 80.3 Å². The zero-order valence-electron chi connectivity index (χ0n) is 16.5. The maximum absolute atomic E-state index is 12.3. The van der Waals surface area contributed by atoms with E-state index in [4.69, 9.17) is 4.74 Å². The third-order valence-electron chi connectivity index (χ3n) is 4.02. The highest BCUT2D eigenvalue weighted by molar-refractivity contribution is 7.13. The fourth-order valence-corrected chi connectivity index (χ4v) is 3.00. The predicted molar refractivity (Wildman–Crippen MR) is 109 cm³/mol. The van der Waals surface area contributed by atoms with Crippen molar-refractivity contribution in [3.63, 3.8) is 0 Å². The monoisotopic (exact) mass is 389 g/mol. The Kier molecular flexibility index (Phi) is 7.36. The Morgan fingerprint density at radius 2 is 1.96 bits per heavy atom. The van der Waals surface area contributed by atoms with E-state index in [1.165, 1.54) is 11.3 Å². The molecule has 27 heavy (non-hydrogen) atoms. The molecule has 1 amide bonds. The van der Waals surface area contributed by atoms with Gasteiger partial charge in [0.25, 0.3) is 5.91 Å². The molecule has 6 nitrogen and oxygen atoms in total. The Morgan fingerprint density at radius 3 is 2.67 bits per heavy atom. The lowest BCUT2D eigenvalue weighted by Gasteiger charge is -2.14. The van der Waals surface area contributed by atoms with Crippen molar-refractivity contribution in [1.29, 1.82) is 0 Å². The first kappa shape index (κ1) is 20.9. The Balaban J connectivity index is 1.90. The van der Waals surface area contributed by atoms with Crippen molar-refractivity contribution < 1.29 is 14.3 Å². The van der Waals surface area contributed by atoms with E-state index in [0.717, 1.165) is 24.1 Å². The van der Waals surface area contributed by atoms with Gasteiger partial charge in [-0.05, 0) is 50.3 Å². The molecule has 0 saturated heterocycles. The molecule has 0 bridgehead atoms. The van der Waals surface area contributed by atoms with Crippen molar-refractivity contribution in [2.45, 2.75) is 47.1 Å². The third-order valence-corrected chi connectivity index (χ3v) is 4.82. The molecule has 0 spiro atoms. The van der Waals surface area contributed by atoms with Gasteiger partial charge in [0.15, 0.2) is 16.9 Å². The number of rotatable bonds is 8. The van der Waals surface area contributed by atoms with E-state index in [9.17, 15) is 9.59 Å². The molecule has 0 aliphatic carbocycles. The molecular weight excluding hydrogens is 362 g/mol. The van der Waals surface area contributed by atoms with Gasteiger partial charge in [-0.3, -0.25) is 4.79 Å². The number of esters is 1. The van der Waals surface area contributed by atoms with Crippen LogP contribution in [-0.4, -0.2) is 29.5 Å². The molecule has 1 aromatic heterocycles. The smallest absolute Gasteiger partial charge is 0.358 e. The Bertz CT molecular complexity index is 802. The molecule has 0 fully saturated rings. The van der Waals surface area contributed by atoms with Gasteiger partial charge in [-0.25, -0.2) is 9.78 Å². The summed E-state index contributed by atoms with van der Waals surface area (Å²) in [7, 11) is 0. The van der Waals surface area contributed by atoms with E-state index in [1.807, 2.05) is 32.0 Å². The summed E-state index contributed by atoms with van der Waals surface area (Å²) in [5.74, 6) is -0.382. The molecule has 2 N–H and O–H groups in total. The first-order chi connectivity index (χ1) is 12.8. The molecule has 2 aromatic rings. The molecule has 0 saturated carbocycles. The van der Waals surface area contributed by atoms with E-state index >= 15 is 0 Å². The van der Waals surface area contributed by atoms with Crippen LogP contribution in [0.15, 0.2) is 23.6 Å². The van der Waals surface area contributed by atoms with Gasteiger partial charge in [-0.1, -0.05) is 26.0 Å². The number of aromatic nitrogens is 1. The minimum absolute atomic E-state index is 0.207. The average molecular weight is 390 g/mol. The summed E-state index contributed by atoms with van der Waals surface area (Å²) in [6, 6.07) is 5.80. The van der Waals surface area contributed by atoms with Crippen molar-refractivity contribution in [2.75, 3.05) is 17.2 Å². The molecule has 0 radical (unpaired) electrons. The van der Waals surface area contributed by atoms with Crippen molar-refractivity contribution in [3.8, 4) is 0 Å². The third kappa shape index (κ3) is 6.36. The van der Waals surface area contributed by atoms with E-state index < -0.39 is 12.1 Å². The molecule has 2 rings (SSSR count). The summed E-state index contributed by atoms with van der Waals surface area (Å²) in [5, 5.41) is 8.31. The normalized spacial score (nSPS) is 11.9. The lowest BCUT2D eigenvalue weighted by molar-refractivity contribution is -0.123. The highest BCUT2D eigenvalue weighted by atomic mass is 32.1. The molecular formula is C20H27N3O3S. The van der Waals surface area contributed by atoms with Gasteiger partial charge in [0, 0.05) is 17.6 Å². The first-order valence-electron chi connectivity index (χ1n) is 9.04. The highest BCUT2D eigenvalue weighted by Crippen LogP contribution is 2.19. The van der Waals surface area contributed by atoms with Gasteiger partial charge in [-0.15, -0.1) is 11.3 Å². The van der Waals surface area contributed by atoms with Crippen molar-refractivity contribution in [2.24, 2.45) is 5.92 Å². The van der Waals surface area contributed by atoms with Crippen molar-refractivity contribution in [3.05, 3.63) is 40.4 Å². The molecule has 7 heteroatoms. The van der Waals surface area contributed by atoms with Gasteiger partial charge < -0.3 is 15.4 Å². The van der Waals surface area contributed by atoms with Gasteiger partial charge in [0.2, 0.25) is 0 Å². The van der Waals surface area contributed by atoms with E-state index in [-0.39, 0.29) is 11.6 Å². The van der Waals surface area contributed by atoms with Crippen LogP contribution in [0.25, 0.3) is 0 Å². The number of carbonyl (C=O) groups is 2. The lowest BCUT2D eigenvalue weighted by Crippen LogP contribution is -2.30. The number of benzene rings is 1. The quantitative estimate of drug-likeness (QED) is 0.654. The number of nitrogens with one attached hydrogen (secondary N) is 2. The zero-order chi connectivity index (χ0) is 20.0. The Labute approximate surface area is 164 Å². The second kappa shape index (κ2) is 9.50. The number of anilines is 2. The molecule has 1 aromatic carbocycles. The lowest BCUT2D eigenvalue weighted by atomic mass is 10.1. The molecule has 1 heterocycles. The summed E-state index contributed by atoms with van der Waals surface area (Å²) < 4.78 is 5.26. The number of hydrogen-bond donors (Lipinski definition) is 2. The molecule has 1 atom stereocenters. The highest BCUT2D eigenvalue weighted by Gasteiger charge is 2.21. The molecule has 0 unspecified atom stereocenters. The maximum atomic E-state index is 12.3. The molecule has 0 aliphatic heterocycles. The fraction of sp³-hybridized carbons (Fsp3) is 0.450. The number of carbonyl (C=O) groups excluding carboxylic acids is 2. The van der Waals surface area contributed by atoms with Crippen LogP contribution in [0, 0.1) is 19.8 Å². The summed E-state index contributed by atoms with van der Waals surface area (Å²) in [5.41, 5.74) is 2.91. The maximum Gasteiger partial charge on any atom is 0.358 e. The van der Waals surface area contributed by atoms with Crippen molar-refractivity contribution >= 4 is 34.0 Å². The van der Waals surface area contributed by atoms with Gasteiger partial charge >= 0.3 is 5.97 Å². The van der Waals surface area contributed by atoms with E-state index in [2.05, 4.69) is 29.5 Å². The largest absolute Gasteiger partial charge is 0.448 e. The molecule has 146 valence electrons. The number of ether oxygens (including phenoxy) is 1. The summed E-state index contributed by atoms with van der Waals surface area (Å²) in [6.07, 6.45) is 0.103. The zero-order valence-corrected chi connectivity index (χ0v) is 17.3. The van der Waals surface area contributed by atoms with Gasteiger partial charge in [-0.2, -0.15) is 0 Å². The fourth-order valence-electron chi connectivity index (χ4n) is 2.30. The van der Waals surface area contributed by atoms with Crippen LogP contribution < -0.4 is 10.6 Å². The van der Waals surface area contributed by atoms with E-state index in [1.54, 1.807) is 12.3 Å². The minimum atomic E-state index is -0.920. The van der Waals surface area contributed by atoms with Crippen LogP contribution in [0.1, 0.15) is 48.8 Å². The van der Waals surface area contributed by atoms with Crippen LogP contribution in [0.5, 0.6) is 0 Å². The van der Waals surface area contributed by atoms with E-state index in [0.29, 0.717) is 16.7 Å². The Morgan fingerprint density at radius 1 is 1.22 bits per heavy atom. The second-order valence-electron chi connectivity index (χ2n) is 7.00. The van der Waals surface area contributed by atoms with Gasteiger partial charge in [0.1, 0.15) is 0 Å². The molecule has 0 aliphatic rings. The van der Waals surface area contributed by atoms with Crippen LogP contribution in [0.2, 0.25) is 0 Å². The number of aryl methyl sites for hydroxylation is 2.